The largest absolute Gasteiger partial charge is 0.208 e. The van der Waals surface area contributed by atoms with Gasteiger partial charge in [0.2, 0.25) is 0 Å². The topological polar surface area (TPSA) is 38.7 Å². The van der Waals surface area contributed by atoms with Crippen molar-refractivity contribution in [3.8, 4) is 89.8 Å². The zero-order valence-electron chi connectivity index (χ0n) is 39.7. The predicted octanol–water partition coefficient (Wildman–Crippen LogP) is 17.7. The molecule has 3 nitrogen and oxygen atoms in total. The first-order chi connectivity index (χ1) is 36.2. The number of fused-ring (bicyclic) bond motifs is 16. The number of nitrogens with zero attached hydrogens (tertiary/aromatic N) is 3. The van der Waals surface area contributed by atoms with Gasteiger partial charge in [-0.1, -0.05) is 243 Å². The molecular weight excluding hydrogens is 883 g/mol. The van der Waals surface area contributed by atoms with Gasteiger partial charge in [0.1, 0.15) is 0 Å². The van der Waals surface area contributed by atoms with Crippen molar-refractivity contribution in [3.63, 3.8) is 0 Å². The van der Waals surface area contributed by atoms with Crippen LogP contribution in [0.15, 0.2) is 261 Å². The van der Waals surface area contributed by atoms with Gasteiger partial charge < -0.3 is 0 Å². The van der Waals surface area contributed by atoms with Crippen molar-refractivity contribution in [2.45, 2.75) is 5.41 Å². The Morgan fingerprint density at radius 3 is 1.26 bits per heavy atom. The van der Waals surface area contributed by atoms with Crippen LogP contribution in [-0.4, -0.2) is 15.0 Å². The lowest BCUT2D eigenvalue weighted by molar-refractivity contribution is 0.794. The standard InChI is InChI=1S/C70H43N3/c1-3-17-44(18-4-1)45-33-35-47(36-34-45)68-71-67(46-19-5-2-6-20-46)72-69(73-68)51-22-15-21-48(41-51)49-37-40-60-61(42-49)54-24-8-7-23-53(54)59-29-16-28-52(66(59)60)50-38-39-58-57-27-11-14-32-64(57)70(65(58)43-50)62-30-12-9-25-55(62)56-26-10-13-31-63(56)70/h1-43H. The maximum atomic E-state index is 5.16. The summed E-state index contributed by atoms with van der Waals surface area (Å²) in [6.07, 6.45) is 0. The van der Waals surface area contributed by atoms with E-state index in [1.807, 2.05) is 24.3 Å². The van der Waals surface area contributed by atoms with Gasteiger partial charge >= 0.3 is 0 Å². The second-order valence-corrected chi connectivity index (χ2v) is 19.4. The zero-order valence-corrected chi connectivity index (χ0v) is 39.7. The van der Waals surface area contributed by atoms with Crippen LogP contribution < -0.4 is 0 Å². The van der Waals surface area contributed by atoms with Gasteiger partial charge in [-0.05, 0) is 128 Å². The van der Waals surface area contributed by atoms with Gasteiger partial charge in [0.15, 0.2) is 17.5 Å². The summed E-state index contributed by atoms with van der Waals surface area (Å²) in [5, 5.41) is 7.43. The first-order valence-corrected chi connectivity index (χ1v) is 25.1. The molecule has 0 saturated heterocycles. The van der Waals surface area contributed by atoms with E-state index in [1.165, 1.54) is 93.5 Å². The minimum absolute atomic E-state index is 0.419. The van der Waals surface area contributed by atoms with Gasteiger partial charge in [0.25, 0.3) is 0 Å². The molecule has 0 unspecified atom stereocenters. The molecular formula is C70H43N3. The third-order valence-corrected chi connectivity index (χ3v) is 15.5. The molecule has 0 bridgehead atoms. The quantitative estimate of drug-likeness (QED) is 0.156. The van der Waals surface area contributed by atoms with E-state index in [4.69, 9.17) is 15.0 Å². The molecule has 2 aliphatic carbocycles. The molecule has 1 aromatic heterocycles. The fourth-order valence-corrected chi connectivity index (χ4v) is 12.3. The molecule has 1 heterocycles. The monoisotopic (exact) mass is 925 g/mol. The summed E-state index contributed by atoms with van der Waals surface area (Å²) in [6.45, 7) is 0. The van der Waals surface area contributed by atoms with Crippen LogP contribution in [-0.2, 0) is 5.41 Å². The third-order valence-electron chi connectivity index (χ3n) is 15.5. The number of hydrogen-bond acceptors (Lipinski definition) is 3. The van der Waals surface area contributed by atoms with Crippen molar-refractivity contribution in [1.29, 1.82) is 0 Å². The normalized spacial score (nSPS) is 12.8. The minimum Gasteiger partial charge on any atom is -0.208 e. The summed E-state index contributed by atoms with van der Waals surface area (Å²) in [5.74, 6) is 1.90. The molecule has 0 atom stereocenters. The van der Waals surface area contributed by atoms with Gasteiger partial charge in [-0.15, -0.1) is 0 Å². The zero-order chi connectivity index (χ0) is 48.0. The first-order valence-electron chi connectivity index (χ1n) is 25.1. The maximum absolute atomic E-state index is 5.16. The SMILES string of the molecule is c1ccc(-c2ccc(-c3nc(-c4ccccc4)nc(-c4cccc(-c5ccc6c(c5)c5ccccc5c5cccc(-c7ccc8c(c7)C7(c9ccccc9-c9ccccc97)c7ccccc7-8)c56)c4)n3)cc2)cc1. The number of aromatic nitrogens is 3. The molecule has 0 radical (unpaired) electrons. The number of rotatable bonds is 6. The van der Waals surface area contributed by atoms with E-state index < -0.39 is 5.41 Å². The van der Waals surface area contributed by atoms with Crippen molar-refractivity contribution in [3.05, 3.63) is 283 Å². The third kappa shape index (κ3) is 6.29. The Morgan fingerprint density at radius 2 is 0.603 bits per heavy atom. The fourth-order valence-electron chi connectivity index (χ4n) is 12.3. The van der Waals surface area contributed by atoms with Crippen LogP contribution in [0.2, 0.25) is 0 Å². The van der Waals surface area contributed by atoms with Crippen LogP contribution in [0.3, 0.4) is 0 Å². The minimum atomic E-state index is -0.419. The maximum Gasteiger partial charge on any atom is 0.164 e. The van der Waals surface area contributed by atoms with Crippen LogP contribution in [0.25, 0.3) is 122 Å². The molecule has 0 N–H and O–H groups in total. The Kier molecular flexibility index (Phi) is 9.18. The molecule has 1 spiro atoms. The predicted molar refractivity (Wildman–Crippen MR) is 301 cm³/mol. The second-order valence-electron chi connectivity index (χ2n) is 19.4. The first kappa shape index (κ1) is 41.2. The number of benzene rings is 12. The molecule has 0 saturated carbocycles. The van der Waals surface area contributed by atoms with Crippen molar-refractivity contribution >= 4 is 32.3 Å². The lowest BCUT2D eigenvalue weighted by Gasteiger charge is -2.30. The molecule has 0 fully saturated rings. The molecule has 0 aliphatic heterocycles. The molecule has 0 amide bonds. The van der Waals surface area contributed by atoms with Crippen molar-refractivity contribution in [1.82, 2.24) is 15.0 Å². The van der Waals surface area contributed by atoms with Crippen molar-refractivity contribution < 1.29 is 0 Å². The fraction of sp³-hybridized carbons (Fsp3) is 0.0143. The lowest BCUT2D eigenvalue weighted by Crippen LogP contribution is -2.25. The van der Waals surface area contributed by atoms with Crippen LogP contribution in [0.1, 0.15) is 22.3 Å². The van der Waals surface area contributed by atoms with Gasteiger partial charge in [-0.25, -0.2) is 15.0 Å². The van der Waals surface area contributed by atoms with Crippen molar-refractivity contribution in [2.24, 2.45) is 0 Å². The second kappa shape index (κ2) is 16.2. The van der Waals surface area contributed by atoms with Gasteiger partial charge in [0, 0.05) is 16.7 Å². The average Bonchev–Trinajstić information content (AvgIpc) is 4.03. The molecule has 73 heavy (non-hydrogen) atoms. The Labute approximate surface area is 423 Å². The van der Waals surface area contributed by atoms with Gasteiger partial charge in [-0.2, -0.15) is 0 Å². The van der Waals surface area contributed by atoms with E-state index in [0.717, 1.165) is 33.4 Å². The van der Waals surface area contributed by atoms with E-state index in [9.17, 15) is 0 Å². The van der Waals surface area contributed by atoms with E-state index in [-0.39, 0.29) is 0 Å². The average molecular weight is 926 g/mol. The van der Waals surface area contributed by atoms with Crippen molar-refractivity contribution in [2.75, 3.05) is 0 Å². The summed E-state index contributed by atoms with van der Waals surface area (Å²) in [7, 11) is 0. The summed E-state index contributed by atoms with van der Waals surface area (Å²) in [4.78, 5) is 15.3. The van der Waals surface area contributed by atoms with E-state index in [2.05, 4.69) is 237 Å². The summed E-state index contributed by atoms with van der Waals surface area (Å²) < 4.78 is 0. The molecule has 3 heteroatoms. The molecule has 13 aromatic rings. The van der Waals surface area contributed by atoms with E-state index in [0.29, 0.717) is 17.5 Å². The summed E-state index contributed by atoms with van der Waals surface area (Å²) in [6, 6.07) is 94.9. The highest BCUT2D eigenvalue weighted by atomic mass is 15.0. The van der Waals surface area contributed by atoms with E-state index in [1.54, 1.807) is 0 Å². The smallest absolute Gasteiger partial charge is 0.164 e. The molecule has 15 rings (SSSR count). The Hall–Kier alpha value is -9.57. The Balaban J connectivity index is 0.878. The van der Waals surface area contributed by atoms with Gasteiger partial charge in [0.05, 0.1) is 5.41 Å². The molecule has 338 valence electrons. The van der Waals surface area contributed by atoms with Gasteiger partial charge in [-0.3, -0.25) is 0 Å². The number of hydrogen-bond donors (Lipinski definition) is 0. The van der Waals surface area contributed by atoms with Crippen LogP contribution in [0, 0.1) is 0 Å². The Bertz CT molecular complexity index is 4300. The molecule has 12 aromatic carbocycles. The van der Waals surface area contributed by atoms with Crippen LogP contribution in [0.5, 0.6) is 0 Å². The van der Waals surface area contributed by atoms with Crippen LogP contribution in [0.4, 0.5) is 0 Å². The lowest BCUT2D eigenvalue weighted by atomic mass is 9.70. The highest BCUT2D eigenvalue weighted by Crippen LogP contribution is 2.63. The highest BCUT2D eigenvalue weighted by molar-refractivity contribution is 6.29. The summed E-state index contributed by atoms with van der Waals surface area (Å²) >= 11 is 0. The Morgan fingerprint density at radius 1 is 0.205 bits per heavy atom. The summed E-state index contributed by atoms with van der Waals surface area (Å²) in [5.41, 5.74) is 20.0. The highest BCUT2D eigenvalue weighted by Gasteiger charge is 2.51. The molecule has 2 aliphatic rings. The van der Waals surface area contributed by atoms with E-state index >= 15 is 0 Å². The van der Waals surface area contributed by atoms with Crippen LogP contribution >= 0.6 is 0 Å².